The second kappa shape index (κ2) is 9.66. The van der Waals surface area contributed by atoms with Crippen LogP contribution in [0.5, 0.6) is 0 Å². The average Bonchev–Trinajstić information content (AvgIpc) is 2.35. The Balaban J connectivity index is 1.99. The van der Waals surface area contributed by atoms with Gasteiger partial charge in [-0.15, -0.1) is 9.24 Å². The van der Waals surface area contributed by atoms with E-state index in [2.05, 4.69) is 40.4 Å². The predicted molar refractivity (Wildman–Crippen MR) is 82.1 cm³/mol. The molecule has 0 saturated heterocycles. The van der Waals surface area contributed by atoms with Crippen molar-refractivity contribution in [3.05, 3.63) is 29.8 Å². The zero-order valence-corrected chi connectivity index (χ0v) is 12.4. The van der Waals surface area contributed by atoms with Gasteiger partial charge in [-0.2, -0.15) is 0 Å². The largest absolute Gasteiger partial charge is 0.105 e. The number of hydrogen-bond donors (Lipinski definition) is 0. The van der Waals surface area contributed by atoms with Crippen molar-refractivity contribution < 1.29 is 0 Å². The molecule has 96 valence electrons. The summed E-state index contributed by atoms with van der Waals surface area (Å²) >= 11 is 0. The van der Waals surface area contributed by atoms with E-state index in [0.717, 1.165) is 0 Å². The molecule has 0 spiro atoms. The molecule has 1 aromatic carbocycles. The lowest BCUT2D eigenvalue weighted by molar-refractivity contribution is 0.576. The summed E-state index contributed by atoms with van der Waals surface area (Å²) in [4.78, 5) is 0. The lowest BCUT2D eigenvalue weighted by atomic mass is 10.0. The van der Waals surface area contributed by atoms with Gasteiger partial charge in [-0.1, -0.05) is 76.1 Å². The molecular weight excluding hydrogens is 223 g/mol. The van der Waals surface area contributed by atoms with Gasteiger partial charge in [0.1, 0.15) is 0 Å². The van der Waals surface area contributed by atoms with Crippen molar-refractivity contribution >= 4 is 14.5 Å². The summed E-state index contributed by atoms with van der Waals surface area (Å²) in [6.07, 6.45) is 12.5. The molecule has 0 N–H and O–H groups in total. The number of unbranched alkanes of at least 4 members (excludes halogenated alkanes) is 7. The predicted octanol–water partition coefficient (Wildman–Crippen LogP) is 4.87. The van der Waals surface area contributed by atoms with Gasteiger partial charge in [0, 0.05) is 0 Å². The van der Waals surface area contributed by atoms with E-state index in [1.807, 2.05) is 0 Å². The molecule has 17 heavy (non-hydrogen) atoms. The van der Waals surface area contributed by atoms with Gasteiger partial charge >= 0.3 is 0 Å². The molecule has 0 saturated carbocycles. The van der Waals surface area contributed by atoms with Crippen LogP contribution in [-0.2, 0) is 6.42 Å². The summed E-state index contributed by atoms with van der Waals surface area (Å²) in [5.74, 6) is 0. The maximum absolute atomic E-state index is 2.84. The first kappa shape index (κ1) is 14.7. The highest BCUT2D eigenvalue weighted by Gasteiger charge is 1.97. The normalized spacial score (nSPS) is 10.7. The van der Waals surface area contributed by atoms with Gasteiger partial charge in [0.05, 0.1) is 0 Å². The molecule has 0 aliphatic heterocycles. The molecule has 1 unspecified atom stereocenters. The highest BCUT2D eigenvalue weighted by molar-refractivity contribution is 7.27. The first-order valence-corrected chi connectivity index (χ1v) is 7.75. The monoisotopic (exact) mass is 250 g/mol. The minimum Gasteiger partial charge on any atom is -0.105 e. The van der Waals surface area contributed by atoms with Gasteiger partial charge in [-0.3, -0.25) is 0 Å². The minimum atomic E-state index is 1.24. The van der Waals surface area contributed by atoms with Crippen LogP contribution in [0.4, 0.5) is 0 Å². The molecule has 1 aromatic rings. The number of benzene rings is 1. The van der Waals surface area contributed by atoms with Crippen LogP contribution in [0.1, 0.15) is 63.9 Å². The number of hydrogen-bond acceptors (Lipinski definition) is 0. The molecule has 1 rings (SSSR count). The Morgan fingerprint density at radius 2 is 1.41 bits per heavy atom. The molecular formula is C16H27P. The molecule has 0 aliphatic rings. The molecule has 0 fully saturated rings. The average molecular weight is 250 g/mol. The smallest absolute Gasteiger partial charge is 0.0271 e. The zero-order chi connectivity index (χ0) is 12.3. The van der Waals surface area contributed by atoms with Crippen molar-refractivity contribution in [2.75, 3.05) is 0 Å². The third kappa shape index (κ3) is 6.84. The first-order valence-electron chi connectivity index (χ1n) is 7.18. The van der Waals surface area contributed by atoms with Crippen molar-refractivity contribution in [1.82, 2.24) is 0 Å². The Labute approximate surface area is 109 Å². The summed E-state index contributed by atoms with van der Waals surface area (Å²) in [7, 11) is 2.84. The van der Waals surface area contributed by atoms with E-state index in [9.17, 15) is 0 Å². The van der Waals surface area contributed by atoms with Crippen molar-refractivity contribution in [1.29, 1.82) is 0 Å². The molecule has 1 heteroatoms. The van der Waals surface area contributed by atoms with E-state index in [4.69, 9.17) is 0 Å². The van der Waals surface area contributed by atoms with Crippen LogP contribution in [0.25, 0.3) is 0 Å². The third-order valence-corrected chi connectivity index (χ3v) is 3.92. The summed E-state index contributed by atoms with van der Waals surface area (Å²) < 4.78 is 0. The maximum Gasteiger partial charge on any atom is -0.0271 e. The fraction of sp³-hybridized carbons (Fsp3) is 0.625. The van der Waals surface area contributed by atoms with E-state index >= 15 is 0 Å². The van der Waals surface area contributed by atoms with Gasteiger partial charge in [0.2, 0.25) is 0 Å². The van der Waals surface area contributed by atoms with Gasteiger partial charge in [-0.25, -0.2) is 0 Å². The van der Waals surface area contributed by atoms with Crippen molar-refractivity contribution in [3.8, 4) is 0 Å². The molecule has 0 amide bonds. The Hall–Kier alpha value is -0.350. The van der Waals surface area contributed by atoms with Crippen molar-refractivity contribution in [2.24, 2.45) is 0 Å². The molecule has 0 nitrogen and oxygen atoms in total. The second-order valence-corrected chi connectivity index (χ2v) is 5.55. The number of aryl methyl sites for hydroxylation is 1. The Bertz CT molecular complexity index is 293. The van der Waals surface area contributed by atoms with Crippen LogP contribution in [0.2, 0.25) is 0 Å². The van der Waals surface area contributed by atoms with E-state index < -0.39 is 0 Å². The highest BCUT2D eigenvalue weighted by Crippen LogP contribution is 2.11. The molecule has 0 aromatic heterocycles. The summed E-state index contributed by atoms with van der Waals surface area (Å²) in [6.45, 7) is 2.28. The maximum atomic E-state index is 2.84. The molecule has 1 atom stereocenters. The Kier molecular flexibility index (Phi) is 8.36. The highest BCUT2D eigenvalue weighted by atomic mass is 31.0. The molecule has 0 bridgehead atoms. The lowest BCUT2D eigenvalue weighted by Crippen LogP contribution is -2.00. The van der Waals surface area contributed by atoms with Crippen LogP contribution in [0.15, 0.2) is 24.3 Å². The van der Waals surface area contributed by atoms with Crippen LogP contribution in [0, 0.1) is 0 Å². The summed E-state index contributed by atoms with van der Waals surface area (Å²) in [5.41, 5.74) is 1.50. The fourth-order valence-corrected chi connectivity index (χ4v) is 2.56. The minimum absolute atomic E-state index is 1.24. The van der Waals surface area contributed by atoms with E-state index in [1.165, 1.54) is 68.7 Å². The summed E-state index contributed by atoms with van der Waals surface area (Å²) in [6, 6.07) is 8.70. The first-order chi connectivity index (χ1) is 8.34. The van der Waals surface area contributed by atoms with Crippen LogP contribution >= 0.6 is 9.24 Å². The zero-order valence-electron chi connectivity index (χ0n) is 11.3. The van der Waals surface area contributed by atoms with Gasteiger partial charge in [-0.05, 0) is 23.7 Å². The van der Waals surface area contributed by atoms with Gasteiger partial charge in [0.15, 0.2) is 0 Å². The molecule has 0 heterocycles. The quantitative estimate of drug-likeness (QED) is 0.433. The van der Waals surface area contributed by atoms with E-state index in [-0.39, 0.29) is 0 Å². The Morgan fingerprint density at radius 1 is 0.824 bits per heavy atom. The van der Waals surface area contributed by atoms with E-state index in [1.54, 1.807) is 0 Å². The molecule has 0 aliphatic carbocycles. The third-order valence-electron chi connectivity index (χ3n) is 3.35. The lowest BCUT2D eigenvalue weighted by Gasteiger charge is -2.05. The number of rotatable bonds is 9. The van der Waals surface area contributed by atoms with Crippen LogP contribution in [-0.4, -0.2) is 0 Å². The van der Waals surface area contributed by atoms with Crippen LogP contribution in [0.3, 0.4) is 0 Å². The van der Waals surface area contributed by atoms with Gasteiger partial charge in [0.25, 0.3) is 0 Å². The van der Waals surface area contributed by atoms with Gasteiger partial charge < -0.3 is 0 Å². The molecule has 0 radical (unpaired) electrons. The SMILES string of the molecule is CCCCCCCCCCc1ccccc1P. The van der Waals surface area contributed by atoms with Crippen molar-refractivity contribution in [3.63, 3.8) is 0 Å². The van der Waals surface area contributed by atoms with E-state index in [0.29, 0.717) is 0 Å². The summed E-state index contributed by atoms with van der Waals surface area (Å²) in [5, 5.41) is 1.37. The van der Waals surface area contributed by atoms with Crippen molar-refractivity contribution in [2.45, 2.75) is 64.7 Å². The second-order valence-electron chi connectivity index (χ2n) is 4.92. The Morgan fingerprint density at radius 3 is 2.06 bits per heavy atom. The topological polar surface area (TPSA) is 0 Å². The standard InChI is InChI=1S/C16H27P/c1-2-3-4-5-6-7-8-9-12-15-13-10-11-14-16(15)17/h10-11,13-14H,2-9,12,17H2,1H3. The van der Waals surface area contributed by atoms with Crippen LogP contribution < -0.4 is 5.30 Å². The fourth-order valence-electron chi connectivity index (χ4n) is 2.21.